The Balaban J connectivity index is 2.02. The molecule has 1 amide bonds. The van der Waals surface area contributed by atoms with Crippen molar-refractivity contribution in [2.24, 2.45) is 0 Å². The van der Waals surface area contributed by atoms with Crippen molar-refractivity contribution in [1.29, 1.82) is 0 Å². The SMILES string of the molecule is COc1c(Cl)cc(C(=O)N(Cc2c(F)cccc2Cl)C2CCS(=O)(=O)C2)cc1Cl. The van der Waals surface area contributed by atoms with Crippen LogP contribution >= 0.6 is 34.8 Å². The molecule has 0 aliphatic carbocycles. The lowest BCUT2D eigenvalue weighted by atomic mass is 10.1. The Bertz CT molecular complexity index is 1020. The third-order valence-corrected chi connectivity index (χ3v) is 7.42. The quantitative estimate of drug-likeness (QED) is 0.626. The zero-order chi connectivity index (χ0) is 21.3. The van der Waals surface area contributed by atoms with E-state index in [1.165, 1.54) is 42.3 Å². The van der Waals surface area contributed by atoms with Crippen molar-refractivity contribution in [1.82, 2.24) is 4.90 Å². The molecule has 0 spiro atoms. The third-order valence-electron chi connectivity index (χ3n) is 4.75. The summed E-state index contributed by atoms with van der Waals surface area (Å²) in [5.41, 5.74) is 0.245. The molecule has 0 N–H and O–H groups in total. The van der Waals surface area contributed by atoms with Crippen LogP contribution in [0.15, 0.2) is 30.3 Å². The number of rotatable bonds is 5. The topological polar surface area (TPSA) is 63.7 Å². The van der Waals surface area contributed by atoms with Gasteiger partial charge in [-0.3, -0.25) is 4.79 Å². The zero-order valence-electron chi connectivity index (χ0n) is 15.3. The van der Waals surface area contributed by atoms with E-state index >= 15 is 0 Å². The zero-order valence-corrected chi connectivity index (χ0v) is 18.4. The van der Waals surface area contributed by atoms with Gasteiger partial charge in [-0.05, 0) is 30.7 Å². The summed E-state index contributed by atoms with van der Waals surface area (Å²) in [6, 6.07) is 6.34. The van der Waals surface area contributed by atoms with Crippen LogP contribution < -0.4 is 4.74 Å². The predicted molar refractivity (Wildman–Crippen MR) is 111 cm³/mol. The molecule has 1 aliphatic heterocycles. The highest BCUT2D eigenvalue weighted by atomic mass is 35.5. The van der Waals surface area contributed by atoms with Gasteiger partial charge in [0, 0.05) is 22.2 Å². The van der Waals surface area contributed by atoms with Crippen molar-refractivity contribution < 1.29 is 22.3 Å². The molecule has 1 unspecified atom stereocenters. The Morgan fingerprint density at radius 1 is 1.21 bits per heavy atom. The fourth-order valence-corrected chi connectivity index (χ4v) is 5.88. The van der Waals surface area contributed by atoms with E-state index in [1.54, 1.807) is 0 Å². The van der Waals surface area contributed by atoms with Gasteiger partial charge in [-0.2, -0.15) is 0 Å². The lowest BCUT2D eigenvalue weighted by molar-refractivity contribution is 0.0679. The highest BCUT2D eigenvalue weighted by molar-refractivity contribution is 7.91. The Kier molecular flexibility index (Phi) is 6.63. The molecule has 0 aromatic heterocycles. The Morgan fingerprint density at radius 3 is 2.38 bits per heavy atom. The van der Waals surface area contributed by atoms with Crippen LogP contribution in [0.1, 0.15) is 22.3 Å². The number of halogens is 4. The number of ether oxygens (including phenoxy) is 1. The average Bonchev–Trinajstić information content (AvgIpc) is 3.00. The predicted octanol–water partition coefficient (Wildman–Crippen LogP) is 4.62. The second-order valence-electron chi connectivity index (χ2n) is 6.66. The van der Waals surface area contributed by atoms with Gasteiger partial charge in [0.25, 0.3) is 5.91 Å². The first kappa shape index (κ1) is 22.2. The van der Waals surface area contributed by atoms with Crippen LogP contribution in [-0.2, 0) is 16.4 Å². The van der Waals surface area contributed by atoms with Crippen LogP contribution in [0.5, 0.6) is 5.75 Å². The first-order valence-electron chi connectivity index (χ1n) is 8.60. The summed E-state index contributed by atoms with van der Waals surface area (Å²) in [5, 5.41) is 0.409. The van der Waals surface area contributed by atoms with Crippen LogP contribution in [0.25, 0.3) is 0 Å². The van der Waals surface area contributed by atoms with Gasteiger partial charge in [-0.25, -0.2) is 12.8 Å². The summed E-state index contributed by atoms with van der Waals surface area (Å²) >= 11 is 18.4. The fraction of sp³-hybridized carbons (Fsp3) is 0.316. The lowest BCUT2D eigenvalue weighted by Crippen LogP contribution is -2.41. The van der Waals surface area contributed by atoms with Crippen LogP contribution in [-0.4, -0.2) is 43.9 Å². The van der Waals surface area contributed by atoms with E-state index in [2.05, 4.69) is 0 Å². The molecule has 1 saturated heterocycles. The lowest BCUT2D eigenvalue weighted by Gasteiger charge is -2.29. The Labute approximate surface area is 183 Å². The van der Waals surface area contributed by atoms with E-state index in [0.717, 1.165) is 0 Å². The molecule has 1 heterocycles. The molecule has 0 bridgehead atoms. The summed E-state index contributed by atoms with van der Waals surface area (Å²) in [6.45, 7) is -0.189. The normalized spacial score (nSPS) is 17.9. The molecule has 156 valence electrons. The second-order valence-corrected chi connectivity index (χ2v) is 10.1. The van der Waals surface area contributed by atoms with E-state index in [0.29, 0.717) is 0 Å². The second kappa shape index (κ2) is 8.68. The number of methoxy groups -OCH3 is 1. The largest absolute Gasteiger partial charge is 0.494 e. The number of carbonyl (C=O) groups is 1. The Hall–Kier alpha value is -1.54. The molecule has 10 heteroatoms. The van der Waals surface area contributed by atoms with Crippen LogP contribution in [0.2, 0.25) is 15.1 Å². The summed E-state index contributed by atoms with van der Waals surface area (Å²) in [4.78, 5) is 14.6. The van der Waals surface area contributed by atoms with Crippen LogP contribution in [0.3, 0.4) is 0 Å². The van der Waals surface area contributed by atoms with Crippen molar-refractivity contribution in [2.75, 3.05) is 18.6 Å². The standard InChI is InChI=1S/C19H17Cl3FNO4S/c1-28-18-15(21)7-11(8-16(18)22)19(25)24(12-5-6-29(26,27)10-12)9-13-14(20)3-2-4-17(13)23/h2-4,7-8,12H,5-6,9-10H2,1H3. The molecular formula is C19H17Cl3FNO4S. The minimum Gasteiger partial charge on any atom is -0.494 e. The molecule has 2 aromatic carbocycles. The van der Waals surface area contributed by atoms with Gasteiger partial charge < -0.3 is 9.64 Å². The van der Waals surface area contributed by atoms with E-state index in [1.807, 2.05) is 0 Å². The maximum atomic E-state index is 14.3. The van der Waals surface area contributed by atoms with Crippen LogP contribution in [0, 0.1) is 5.82 Å². The first-order valence-corrected chi connectivity index (χ1v) is 11.6. The number of amides is 1. The Morgan fingerprint density at radius 2 is 1.86 bits per heavy atom. The molecule has 0 radical (unpaired) electrons. The van der Waals surface area contributed by atoms with Gasteiger partial charge in [-0.15, -0.1) is 0 Å². The number of sulfone groups is 1. The number of carbonyl (C=O) groups excluding carboxylic acids is 1. The molecule has 2 aromatic rings. The first-order chi connectivity index (χ1) is 13.6. The fourth-order valence-electron chi connectivity index (χ4n) is 3.29. The van der Waals surface area contributed by atoms with E-state index in [9.17, 15) is 17.6 Å². The van der Waals surface area contributed by atoms with Crippen LogP contribution in [0.4, 0.5) is 4.39 Å². The molecule has 0 saturated carbocycles. The maximum absolute atomic E-state index is 14.3. The minimum atomic E-state index is -3.29. The highest BCUT2D eigenvalue weighted by Gasteiger charge is 2.36. The number of hydrogen-bond acceptors (Lipinski definition) is 4. The highest BCUT2D eigenvalue weighted by Crippen LogP contribution is 2.35. The molecule has 1 atom stereocenters. The number of benzene rings is 2. The van der Waals surface area contributed by atoms with Gasteiger partial charge in [0.1, 0.15) is 5.82 Å². The van der Waals surface area contributed by atoms with Gasteiger partial charge >= 0.3 is 0 Å². The average molecular weight is 481 g/mol. The van der Waals surface area contributed by atoms with E-state index < -0.39 is 27.6 Å². The van der Waals surface area contributed by atoms with Crippen molar-refractivity contribution in [3.63, 3.8) is 0 Å². The molecular weight excluding hydrogens is 464 g/mol. The summed E-state index contributed by atoms with van der Waals surface area (Å²) < 4.78 is 43.4. The number of hydrogen-bond donors (Lipinski definition) is 0. The summed E-state index contributed by atoms with van der Waals surface area (Å²) in [6.07, 6.45) is 0.248. The maximum Gasteiger partial charge on any atom is 0.254 e. The van der Waals surface area contributed by atoms with E-state index in [4.69, 9.17) is 39.5 Å². The third kappa shape index (κ3) is 4.79. The smallest absolute Gasteiger partial charge is 0.254 e. The van der Waals surface area contributed by atoms with Gasteiger partial charge in [0.2, 0.25) is 0 Å². The van der Waals surface area contributed by atoms with Crippen molar-refractivity contribution in [3.05, 3.63) is 62.3 Å². The molecule has 3 rings (SSSR count). The van der Waals surface area contributed by atoms with Gasteiger partial charge in [-0.1, -0.05) is 40.9 Å². The van der Waals surface area contributed by atoms with Gasteiger partial charge in [0.15, 0.2) is 15.6 Å². The van der Waals surface area contributed by atoms with E-state index in [-0.39, 0.29) is 56.4 Å². The molecule has 1 aliphatic rings. The molecule has 5 nitrogen and oxygen atoms in total. The number of nitrogens with zero attached hydrogens (tertiary/aromatic N) is 1. The summed E-state index contributed by atoms with van der Waals surface area (Å²) in [5.74, 6) is -1.14. The van der Waals surface area contributed by atoms with Crippen molar-refractivity contribution in [2.45, 2.75) is 19.0 Å². The summed E-state index contributed by atoms with van der Waals surface area (Å²) in [7, 11) is -1.90. The molecule has 1 fully saturated rings. The van der Waals surface area contributed by atoms with Crippen molar-refractivity contribution >= 4 is 50.5 Å². The molecule has 29 heavy (non-hydrogen) atoms. The minimum absolute atomic E-state index is 0.0451. The van der Waals surface area contributed by atoms with Crippen molar-refractivity contribution in [3.8, 4) is 5.75 Å². The van der Waals surface area contributed by atoms with Gasteiger partial charge in [0.05, 0.1) is 35.2 Å². The monoisotopic (exact) mass is 479 g/mol.